The number of hydrogen-bond acceptors (Lipinski definition) is 0. The van der Waals surface area contributed by atoms with E-state index in [0.29, 0.717) is 0 Å². The van der Waals surface area contributed by atoms with E-state index in [1.54, 1.807) is 11.1 Å². The molecule has 0 saturated heterocycles. The second kappa shape index (κ2) is 8.49. The summed E-state index contributed by atoms with van der Waals surface area (Å²) in [5.74, 6) is 1.63. The molecule has 0 heteroatoms. The summed E-state index contributed by atoms with van der Waals surface area (Å²) in [7, 11) is 0. The number of rotatable bonds is 9. The Morgan fingerprint density at radius 1 is 0.850 bits per heavy atom. The maximum Gasteiger partial charge on any atom is -0.0153 e. The predicted octanol–water partition coefficient (Wildman–Crippen LogP) is 6.81. The van der Waals surface area contributed by atoms with Crippen molar-refractivity contribution in [3.8, 4) is 0 Å². The van der Waals surface area contributed by atoms with Crippen LogP contribution in [0.1, 0.15) is 101 Å². The molecule has 0 radical (unpaired) electrons. The van der Waals surface area contributed by atoms with Crippen molar-refractivity contribution in [3.05, 3.63) is 35.4 Å². The van der Waals surface area contributed by atoms with Gasteiger partial charge in [-0.15, -0.1) is 0 Å². The SMILES string of the molecule is CCCCCCCCCCC1CC(C)c2ccccc21. The summed E-state index contributed by atoms with van der Waals surface area (Å²) >= 11 is 0. The van der Waals surface area contributed by atoms with Crippen molar-refractivity contribution >= 4 is 0 Å². The molecule has 0 saturated carbocycles. The molecular weight excluding hydrogens is 240 g/mol. The largest absolute Gasteiger partial charge is 0.0654 e. The zero-order chi connectivity index (χ0) is 14.2. The fraction of sp³-hybridized carbons (Fsp3) is 0.700. The van der Waals surface area contributed by atoms with Gasteiger partial charge in [0.15, 0.2) is 0 Å². The second-order valence-electron chi connectivity index (χ2n) is 6.73. The van der Waals surface area contributed by atoms with Crippen LogP contribution in [0, 0.1) is 0 Å². The van der Waals surface area contributed by atoms with Gasteiger partial charge in [-0.3, -0.25) is 0 Å². The smallest absolute Gasteiger partial charge is 0.0153 e. The van der Waals surface area contributed by atoms with Gasteiger partial charge < -0.3 is 0 Å². The first kappa shape index (κ1) is 15.6. The van der Waals surface area contributed by atoms with Crippen molar-refractivity contribution in [2.75, 3.05) is 0 Å². The monoisotopic (exact) mass is 272 g/mol. The Kier molecular flexibility index (Phi) is 6.63. The first-order chi connectivity index (χ1) is 9.83. The van der Waals surface area contributed by atoms with Gasteiger partial charge in [0, 0.05) is 0 Å². The number of benzene rings is 1. The summed E-state index contributed by atoms with van der Waals surface area (Å²) in [5.41, 5.74) is 3.28. The van der Waals surface area contributed by atoms with Crippen LogP contribution < -0.4 is 0 Å². The summed E-state index contributed by atoms with van der Waals surface area (Å²) in [6.45, 7) is 4.69. The zero-order valence-corrected chi connectivity index (χ0v) is 13.5. The summed E-state index contributed by atoms with van der Waals surface area (Å²) in [5, 5.41) is 0. The molecule has 1 aliphatic carbocycles. The van der Waals surface area contributed by atoms with E-state index in [4.69, 9.17) is 0 Å². The number of fused-ring (bicyclic) bond motifs is 1. The molecule has 1 aromatic rings. The molecule has 0 fully saturated rings. The molecule has 0 bridgehead atoms. The van der Waals surface area contributed by atoms with Crippen LogP contribution in [-0.4, -0.2) is 0 Å². The van der Waals surface area contributed by atoms with Gasteiger partial charge >= 0.3 is 0 Å². The number of unbranched alkanes of at least 4 members (excludes halogenated alkanes) is 7. The Hall–Kier alpha value is -0.780. The van der Waals surface area contributed by atoms with E-state index in [0.717, 1.165) is 11.8 Å². The minimum Gasteiger partial charge on any atom is -0.0654 e. The van der Waals surface area contributed by atoms with Crippen LogP contribution in [0.2, 0.25) is 0 Å². The molecule has 20 heavy (non-hydrogen) atoms. The van der Waals surface area contributed by atoms with Crippen molar-refractivity contribution in [3.63, 3.8) is 0 Å². The third-order valence-electron chi connectivity index (χ3n) is 5.01. The van der Waals surface area contributed by atoms with Crippen molar-refractivity contribution in [1.29, 1.82) is 0 Å². The molecular formula is C20H32. The Bertz CT molecular complexity index is 379. The molecule has 112 valence electrons. The van der Waals surface area contributed by atoms with Crippen LogP contribution in [0.15, 0.2) is 24.3 Å². The quantitative estimate of drug-likeness (QED) is 0.433. The van der Waals surface area contributed by atoms with Gasteiger partial charge in [0.2, 0.25) is 0 Å². The molecule has 0 spiro atoms. The van der Waals surface area contributed by atoms with Crippen LogP contribution in [0.25, 0.3) is 0 Å². The minimum absolute atomic E-state index is 0.783. The summed E-state index contributed by atoms with van der Waals surface area (Å²) in [6.07, 6.45) is 14.3. The van der Waals surface area contributed by atoms with E-state index < -0.39 is 0 Å². The lowest BCUT2D eigenvalue weighted by Crippen LogP contribution is -1.93. The summed E-state index contributed by atoms with van der Waals surface area (Å²) in [4.78, 5) is 0. The van der Waals surface area contributed by atoms with E-state index in [-0.39, 0.29) is 0 Å². The molecule has 2 atom stereocenters. The van der Waals surface area contributed by atoms with Gasteiger partial charge in [-0.2, -0.15) is 0 Å². The molecule has 1 aromatic carbocycles. The lowest BCUT2D eigenvalue weighted by atomic mass is 9.94. The van der Waals surface area contributed by atoms with Crippen LogP contribution in [0.4, 0.5) is 0 Å². The Labute approximate surface area is 126 Å². The first-order valence-electron chi connectivity index (χ1n) is 8.91. The lowest BCUT2D eigenvalue weighted by Gasteiger charge is -2.11. The van der Waals surface area contributed by atoms with E-state index in [2.05, 4.69) is 38.1 Å². The fourth-order valence-electron chi connectivity index (χ4n) is 3.81. The predicted molar refractivity (Wildman–Crippen MR) is 89.4 cm³/mol. The maximum absolute atomic E-state index is 2.40. The average molecular weight is 272 g/mol. The standard InChI is InChI=1S/C20H32/c1-3-4-5-6-7-8-9-10-13-18-16-17(2)19-14-11-12-15-20(18)19/h11-12,14-15,17-18H,3-10,13,16H2,1-2H3. The van der Waals surface area contributed by atoms with Crippen LogP contribution in [0.5, 0.6) is 0 Å². The number of hydrogen-bond donors (Lipinski definition) is 0. The van der Waals surface area contributed by atoms with Crippen molar-refractivity contribution in [1.82, 2.24) is 0 Å². The molecule has 2 unspecified atom stereocenters. The van der Waals surface area contributed by atoms with E-state index in [1.807, 2.05) is 0 Å². The minimum atomic E-state index is 0.783. The lowest BCUT2D eigenvalue weighted by molar-refractivity contribution is 0.514. The van der Waals surface area contributed by atoms with Gasteiger partial charge in [-0.05, 0) is 35.8 Å². The highest BCUT2D eigenvalue weighted by Crippen LogP contribution is 2.43. The molecule has 0 heterocycles. The molecule has 2 rings (SSSR count). The van der Waals surface area contributed by atoms with E-state index in [1.165, 1.54) is 64.2 Å². The Morgan fingerprint density at radius 2 is 1.45 bits per heavy atom. The van der Waals surface area contributed by atoms with Gasteiger partial charge in [-0.1, -0.05) is 89.5 Å². The van der Waals surface area contributed by atoms with Gasteiger partial charge in [0.25, 0.3) is 0 Å². The second-order valence-corrected chi connectivity index (χ2v) is 6.73. The van der Waals surface area contributed by atoms with Gasteiger partial charge in [-0.25, -0.2) is 0 Å². The zero-order valence-electron chi connectivity index (χ0n) is 13.5. The maximum atomic E-state index is 2.40. The first-order valence-corrected chi connectivity index (χ1v) is 8.91. The molecule has 0 nitrogen and oxygen atoms in total. The highest BCUT2D eigenvalue weighted by Gasteiger charge is 2.26. The van der Waals surface area contributed by atoms with Crippen LogP contribution in [0.3, 0.4) is 0 Å². The topological polar surface area (TPSA) is 0 Å². The van der Waals surface area contributed by atoms with E-state index >= 15 is 0 Å². The summed E-state index contributed by atoms with van der Waals surface area (Å²) < 4.78 is 0. The van der Waals surface area contributed by atoms with Crippen LogP contribution >= 0.6 is 0 Å². The third-order valence-corrected chi connectivity index (χ3v) is 5.01. The average Bonchev–Trinajstić information content (AvgIpc) is 2.79. The Morgan fingerprint density at radius 3 is 2.15 bits per heavy atom. The van der Waals surface area contributed by atoms with E-state index in [9.17, 15) is 0 Å². The molecule has 0 N–H and O–H groups in total. The third kappa shape index (κ3) is 4.36. The van der Waals surface area contributed by atoms with Crippen molar-refractivity contribution in [2.45, 2.75) is 89.9 Å². The molecule has 1 aliphatic rings. The molecule has 0 aromatic heterocycles. The van der Waals surface area contributed by atoms with Crippen LogP contribution in [-0.2, 0) is 0 Å². The normalized spacial score (nSPS) is 21.1. The Balaban J connectivity index is 1.61. The molecule has 0 aliphatic heterocycles. The van der Waals surface area contributed by atoms with Crippen molar-refractivity contribution < 1.29 is 0 Å². The van der Waals surface area contributed by atoms with Gasteiger partial charge in [0.05, 0.1) is 0 Å². The highest BCUT2D eigenvalue weighted by atomic mass is 14.3. The van der Waals surface area contributed by atoms with Gasteiger partial charge in [0.1, 0.15) is 0 Å². The van der Waals surface area contributed by atoms with Crippen molar-refractivity contribution in [2.24, 2.45) is 0 Å². The highest BCUT2D eigenvalue weighted by molar-refractivity contribution is 5.37. The summed E-state index contributed by atoms with van der Waals surface area (Å²) in [6, 6.07) is 9.13. The fourth-order valence-corrected chi connectivity index (χ4v) is 3.81. The molecule has 0 amide bonds.